The van der Waals surface area contributed by atoms with Crippen molar-refractivity contribution in [3.63, 3.8) is 0 Å². The Morgan fingerprint density at radius 1 is 1.21 bits per heavy atom. The second kappa shape index (κ2) is 7.72. The SMILES string of the molecule is CCN(CC)c1ccc(NS(=O)(=O)c2cc(Cl)ccc2OC)nc1. The molecule has 1 N–H and O–H groups in total. The molecule has 0 unspecified atom stereocenters. The molecule has 0 aliphatic rings. The lowest BCUT2D eigenvalue weighted by atomic mass is 10.3. The fourth-order valence-electron chi connectivity index (χ4n) is 2.28. The van der Waals surface area contributed by atoms with Gasteiger partial charge in [-0.25, -0.2) is 13.4 Å². The molecule has 24 heavy (non-hydrogen) atoms. The molecule has 8 heteroatoms. The second-order valence-corrected chi connectivity index (χ2v) is 7.06. The molecule has 1 aromatic carbocycles. The Balaban J connectivity index is 2.28. The summed E-state index contributed by atoms with van der Waals surface area (Å²) in [5, 5.41) is 0.306. The largest absolute Gasteiger partial charge is 0.495 e. The number of nitrogens with one attached hydrogen (secondary N) is 1. The minimum Gasteiger partial charge on any atom is -0.495 e. The number of halogens is 1. The van der Waals surface area contributed by atoms with Crippen molar-refractivity contribution in [2.75, 3.05) is 29.8 Å². The summed E-state index contributed by atoms with van der Waals surface area (Å²) in [6, 6.07) is 7.87. The smallest absolute Gasteiger partial charge is 0.266 e. The van der Waals surface area contributed by atoms with Crippen molar-refractivity contribution in [1.82, 2.24) is 4.98 Å². The molecule has 0 amide bonds. The highest BCUT2D eigenvalue weighted by Crippen LogP contribution is 2.28. The number of aromatic nitrogens is 1. The number of pyridine rings is 1. The van der Waals surface area contributed by atoms with Crippen LogP contribution in [0, 0.1) is 0 Å². The molecule has 0 fully saturated rings. The van der Waals surface area contributed by atoms with Gasteiger partial charge in [-0.15, -0.1) is 0 Å². The van der Waals surface area contributed by atoms with Gasteiger partial charge in [0.15, 0.2) is 0 Å². The molecule has 0 aliphatic heterocycles. The first-order valence-electron chi connectivity index (χ1n) is 7.48. The molecule has 0 radical (unpaired) electrons. The Bertz CT molecular complexity index is 791. The van der Waals surface area contributed by atoms with E-state index in [2.05, 4.69) is 14.6 Å². The monoisotopic (exact) mass is 369 g/mol. The van der Waals surface area contributed by atoms with E-state index in [1.165, 1.54) is 19.2 Å². The van der Waals surface area contributed by atoms with Gasteiger partial charge in [0.1, 0.15) is 16.5 Å². The number of methoxy groups -OCH3 is 1. The number of benzene rings is 1. The minimum atomic E-state index is -3.86. The molecular formula is C16H20ClN3O3S. The standard InChI is InChI=1S/C16H20ClN3O3S/c1-4-20(5-2)13-7-9-16(18-11-13)19-24(21,22)15-10-12(17)6-8-14(15)23-3/h6-11H,4-5H2,1-3H3,(H,18,19). The van der Waals surface area contributed by atoms with Crippen molar-refractivity contribution in [3.05, 3.63) is 41.6 Å². The van der Waals surface area contributed by atoms with Crippen LogP contribution >= 0.6 is 11.6 Å². The van der Waals surface area contributed by atoms with E-state index in [1.54, 1.807) is 18.3 Å². The summed E-state index contributed by atoms with van der Waals surface area (Å²) in [7, 11) is -2.46. The first-order chi connectivity index (χ1) is 11.4. The van der Waals surface area contributed by atoms with Crippen LogP contribution in [0.5, 0.6) is 5.75 Å². The van der Waals surface area contributed by atoms with Gasteiger partial charge in [0.2, 0.25) is 0 Å². The van der Waals surface area contributed by atoms with E-state index in [0.29, 0.717) is 5.02 Å². The molecule has 0 atom stereocenters. The van der Waals surface area contributed by atoms with Crippen molar-refractivity contribution in [1.29, 1.82) is 0 Å². The summed E-state index contributed by atoms with van der Waals surface area (Å²) < 4.78 is 32.7. The quantitative estimate of drug-likeness (QED) is 0.809. The number of hydrogen-bond acceptors (Lipinski definition) is 5. The number of anilines is 2. The summed E-state index contributed by atoms with van der Waals surface area (Å²) >= 11 is 5.90. The van der Waals surface area contributed by atoms with Crippen LogP contribution in [0.2, 0.25) is 5.02 Å². The van der Waals surface area contributed by atoms with Gasteiger partial charge in [0, 0.05) is 18.1 Å². The van der Waals surface area contributed by atoms with Crippen LogP contribution in [0.1, 0.15) is 13.8 Å². The lowest BCUT2D eigenvalue weighted by Crippen LogP contribution is -2.22. The first kappa shape index (κ1) is 18.4. The third kappa shape index (κ3) is 4.10. The molecule has 2 rings (SSSR count). The van der Waals surface area contributed by atoms with Crippen LogP contribution in [0.15, 0.2) is 41.4 Å². The summed E-state index contributed by atoms with van der Waals surface area (Å²) in [6.07, 6.45) is 1.64. The average molecular weight is 370 g/mol. The van der Waals surface area contributed by atoms with Crippen LogP contribution in [0.25, 0.3) is 0 Å². The van der Waals surface area contributed by atoms with Gasteiger partial charge in [0.25, 0.3) is 10.0 Å². The van der Waals surface area contributed by atoms with Gasteiger partial charge in [-0.2, -0.15) is 0 Å². The molecule has 0 bridgehead atoms. The minimum absolute atomic E-state index is 0.0351. The molecule has 1 aromatic heterocycles. The number of sulfonamides is 1. The topological polar surface area (TPSA) is 71.5 Å². The van der Waals surface area contributed by atoms with Crippen molar-refractivity contribution < 1.29 is 13.2 Å². The zero-order valence-corrected chi connectivity index (χ0v) is 15.4. The highest BCUT2D eigenvalue weighted by Gasteiger charge is 2.20. The Labute approximate surface area is 147 Å². The van der Waals surface area contributed by atoms with Crippen molar-refractivity contribution >= 4 is 33.1 Å². The molecule has 1 heterocycles. The van der Waals surface area contributed by atoms with E-state index < -0.39 is 10.0 Å². The molecule has 0 saturated carbocycles. The summed E-state index contributed by atoms with van der Waals surface area (Å²) in [5.41, 5.74) is 0.934. The van der Waals surface area contributed by atoms with Crippen LogP contribution < -0.4 is 14.4 Å². The van der Waals surface area contributed by atoms with Crippen LogP contribution in [-0.4, -0.2) is 33.6 Å². The molecule has 6 nitrogen and oxygen atoms in total. The fourth-order valence-corrected chi connectivity index (χ4v) is 3.72. The van der Waals surface area contributed by atoms with E-state index in [1.807, 2.05) is 19.9 Å². The van der Waals surface area contributed by atoms with E-state index in [-0.39, 0.29) is 16.5 Å². The Kier molecular flexibility index (Phi) is 5.90. The van der Waals surface area contributed by atoms with Crippen LogP contribution in [0.3, 0.4) is 0 Å². The van der Waals surface area contributed by atoms with Gasteiger partial charge in [-0.3, -0.25) is 4.72 Å². The van der Waals surface area contributed by atoms with Gasteiger partial charge < -0.3 is 9.64 Å². The summed E-state index contributed by atoms with van der Waals surface area (Å²) in [5.74, 6) is 0.444. The number of ether oxygens (including phenoxy) is 1. The third-order valence-corrected chi connectivity index (χ3v) is 5.14. The number of rotatable bonds is 7. The molecule has 0 aliphatic carbocycles. The molecule has 0 saturated heterocycles. The van der Waals surface area contributed by atoms with Crippen molar-refractivity contribution in [2.24, 2.45) is 0 Å². The molecule has 130 valence electrons. The maximum absolute atomic E-state index is 12.6. The van der Waals surface area contributed by atoms with Crippen LogP contribution in [0.4, 0.5) is 11.5 Å². The second-order valence-electron chi connectivity index (χ2n) is 4.97. The lowest BCUT2D eigenvalue weighted by molar-refractivity contribution is 0.403. The summed E-state index contributed by atoms with van der Waals surface area (Å²) in [6.45, 7) is 5.79. The van der Waals surface area contributed by atoms with E-state index in [4.69, 9.17) is 16.3 Å². The molecule has 0 spiro atoms. The third-order valence-electron chi connectivity index (χ3n) is 3.53. The van der Waals surface area contributed by atoms with Crippen LogP contribution in [-0.2, 0) is 10.0 Å². The molecule has 2 aromatic rings. The number of hydrogen-bond donors (Lipinski definition) is 1. The lowest BCUT2D eigenvalue weighted by Gasteiger charge is -2.20. The van der Waals surface area contributed by atoms with Crippen molar-refractivity contribution in [2.45, 2.75) is 18.7 Å². The fraction of sp³-hybridized carbons (Fsp3) is 0.312. The van der Waals surface area contributed by atoms with Gasteiger partial charge in [-0.05, 0) is 44.2 Å². The van der Waals surface area contributed by atoms with Gasteiger partial charge in [-0.1, -0.05) is 11.6 Å². The van der Waals surface area contributed by atoms with Crippen molar-refractivity contribution in [3.8, 4) is 5.75 Å². The zero-order chi connectivity index (χ0) is 17.7. The number of nitrogens with zero attached hydrogens (tertiary/aromatic N) is 2. The molecular weight excluding hydrogens is 350 g/mol. The summed E-state index contributed by atoms with van der Waals surface area (Å²) in [4.78, 5) is 6.26. The van der Waals surface area contributed by atoms with E-state index in [9.17, 15) is 8.42 Å². The predicted octanol–water partition coefficient (Wildman–Crippen LogP) is 3.39. The van der Waals surface area contributed by atoms with E-state index in [0.717, 1.165) is 18.8 Å². The Morgan fingerprint density at radius 2 is 1.92 bits per heavy atom. The maximum Gasteiger partial charge on any atom is 0.266 e. The Hall–Kier alpha value is -1.99. The maximum atomic E-state index is 12.6. The highest BCUT2D eigenvalue weighted by atomic mass is 35.5. The first-order valence-corrected chi connectivity index (χ1v) is 9.34. The zero-order valence-electron chi connectivity index (χ0n) is 13.8. The Morgan fingerprint density at radius 3 is 2.46 bits per heavy atom. The highest BCUT2D eigenvalue weighted by molar-refractivity contribution is 7.92. The van der Waals surface area contributed by atoms with Gasteiger partial charge >= 0.3 is 0 Å². The van der Waals surface area contributed by atoms with E-state index >= 15 is 0 Å². The average Bonchev–Trinajstić information content (AvgIpc) is 2.57. The predicted molar refractivity (Wildman–Crippen MR) is 96.6 cm³/mol. The van der Waals surface area contributed by atoms with Gasteiger partial charge in [0.05, 0.1) is 19.0 Å². The normalized spacial score (nSPS) is 11.2.